The number of nitrogens with zero attached hydrogens (tertiary/aromatic N) is 1. The van der Waals surface area contributed by atoms with Crippen LogP contribution in [0.25, 0.3) is 0 Å². The molecule has 3 rings (SSSR count). The minimum Gasteiger partial charge on any atom is -0.492 e. The van der Waals surface area contributed by atoms with Crippen LogP contribution in [0.1, 0.15) is 51.4 Å². The lowest BCUT2D eigenvalue weighted by molar-refractivity contribution is -0.131. The van der Waals surface area contributed by atoms with Crippen LogP contribution in [-0.4, -0.2) is 42.6 Å². The number of hydrogen-bond donors (Lipinski definition) is 1. The minimum atomic E-state index is 0.277. The van der Waals surface area contributed by atoms with Crippen LogP contribution in [0.4, 0.5) is 0 Å². The summed E-state index contributed by atoms with van der Waals surface area (Å²) in [4.78, 5) is 14.3. The third-order valence-electron chi connectivity index (χ3n) is 5.26. The summed E-state index contributed by atoms with van der Waals surface area (Å²) in [6.07, 6.45) is 9.40. The lowest BCUT2D eigenvalue weighted by Gasteiger charge is -2.28. The molecule has 1 aromatic rings. The number of carbonyl (C=O) groups is 1. The highest BCUT2D eigenvalue weighted by Crippen LogP contribution is 2.20. The van der Waals surface area contributed by atoms with Crippen molar-refractivity contribution < 1.29 is 9.53 Å². The highest BCUT2D eigenvalue weighted by atomic mass is 16.5. The largest absolute Gasteiger partial charge is 0.492 e. The van der Waals surface area contributed by atoms with Crippen molar-refractivity contribution in [3.8, 4) is 5.75 Å². The van der Waals surface area contributed by atoms with Gasteiger partial charge < -0.3 is 15.0 Å². The number of carbonyl (C=O) groups excluding carboxylic acids is 1. The topological polar surface area (TPSA) is 41.6 Å². The summed E-state index contributed by atoms with van der Waals surface area (Å²) in [7, 11) is 0. The minimum absolute atomic E-state index is 0.277. The summed E-state index contributed by atoms with van der Waals surface area (Å²) < 4.78 is 5.74. The average molecular weight is 330 g/mol. The fraction of sp³-hybridized carbons (Fsp3) is 0.650. The van der Waals surface area contributed by atoms with Crippen LogP contribution >= 0.6 is 0 Å². The Labute approximate surface area is 145 Å². The van der Waals surface area contributed by atoms with Gasteiger partial charge >= 0.3 is 0 Å². The molecule has 1 atom stereocenters. The van der Waals surface area contributed by atoms with Crippen molar-refractivity contribution in [2.45, 2.75) is 63.5 Å². The van der Waals surface area contributed by atoms with E-state index in [2.05, 4.69) is 5.32 Å². The predicted molar refractivity (Wildman–Crippen MR) is 96.2 cm³/mol. The highest BCUT2D eigenvalue weighted by Gasteiger charge is 2.24. The Morgan fingerprint density at radius 3 is 2.54 bits per heavy atom. The number of benzene rings is 1. The van der Waals surface area contributed by atoms with Gasteiger partial charge in [-0.05, 0) is 37.8 Å². The van der Waals surface area contributed by atoms with Gasteiger partial charge in [0.1, 0.15) is 12.4 Å². The van der Waals surface area contributed by atoms with E-state index in [1.807, 2.05) is 35.2 Å². The standard InChI is InChI=1S/C20H30N2O2/c23-20-12-11-18(21-17-7-3-1-4-8-17)13-14-22(20)15-16-24-19-9-5-2-6-10-19/h2,5-6,9-10,17-18,21H,1,3-4,7-8,11-16H2/t18-/m1/s1. The van der Waals surface area contributed by atoms with Crippen LogP contribution in [0, 0.1) is 0 Å². The van der Waals surface area contributed by atoms with E-state index >= 15 is 0 Å². The van der Waals surface area contributed by atoms with E-state index in [0.717, 1.165) is 25.1 Å². The molecule has 132 valence electrons. The van der Waals surface area contributed by atoms with E-state index in [1.165, 1.54) is 32.1 Å². The predicted octanol–water partition coefficient (Wildman–Crippen LogP) is 3.37. The number of ether oxygens (including phenoxy) is 1. The molecule has 1 aliphatic carbocycles. The van der Waals surface area contributed by atoms with Crippen LogP contribution < -0.4 is 10.1 Å². The van der Waals surface area contributed by atoms with Gasteiger partial charge in [0.15, 0.2) is 0 Å². The second-order valence-electron chi connectivity index (χ2n) is 7.07. The maximum absolute atomic E-state index is 12.3. The molecule has 1 aromatic carbocycles. The van der Waals surface area contributed by atoms with Gasteiger partial charge in [-0.15, -0.1) is 0 Å². The molecule has 2 aliphatic rings. The summed E-state index contributed by atoms with van der Waals surface area (Å²) in [5, 5.41) is 3.81. The van der Waals surface area contributed by atoms with E-state index in [4.69, 9.17) is 4.74 Å². The van der Waals surface area contributed by atoms with Crippen LogP contribution in [0.3, 0.4) is 0 Å². The molecular formula is C20H30N2O2. The molecular weight excluding hydrogens is 300 g/mol. The summed E-state index contributed by atoms with van der Waals surface area (Å²) in [6, 6.07) is 11.0. The number of para-hydroxylation sites is 1. The van der Waals surface area contributed by atoms with Gasteiger partial charge in [0.2, 0.25) is 5.91 Å². The summed E-state index contributed by atoms with van der Waals surface area (Å²) in [5.74, 6) is 1.15. The van der Waals surface area contributed by atoms with E-state index in [9.17, 15) is 4.79 Å². The fourth-order valence-corrected chi connectivity index (χ4v) is 3.83. The van der Waals surface area contributed by atoms with Crippen molar-refractivity contribution in [1.29, 1.82) is 0 Å². The van der Waals surface area contributed by atoms with Crippen LogP contribution in [0.2, 0.25) is 0 Å². The van der Waals surface area contributed by atoms with Gasteiger partial charge in [0.05, 0.1) is 6.54 Å². The first-order valence-corrected chi connectivity index (χ1v) is 9.53. The Kier molecular flexibility index (Phi) is 6.53. The molecule has 4 heteroatoms. The van der Waals surface area contributed by atoms with Gasteiger partial charge in [-0.2, -0.15) is 0 Å². The second kappa shape index (κ2) is 9.07. The Bertz CT molecular complexity index is 500. The van der Waals surface area contributed by atoms with Gasteiger partial charge in [-0.3, -0.25) is 4.79 Å². The first-order valence-electron chi connectivity index (χ1n) is 9.53. The normalized spacial score (nSPS) is 23.1. The van der Waals surface area contributed by atoms with E-state index < -0.39 is 0 Å². The van der Waals surface area contributed by atoms with Crippen LogP contribution in [-0.2, 0) is 4.79 Å². The van der Waals surface area contributed by atoms with Crippen molar-refractivity contribution in [2.24, 2.45) is 0 Å². The van der Waals surface area contributed by atoms with Gasteiger partial charge in [0, 0.05) is 25.0 Å². The Morgan fingerprint density at radius 1 is 1.00 bits per heavy atom. The van der Waals surface area contributed by atoms with Crippen molar-refractivity contribution in [2.75, 3.05) is 19.7 Å². The van der Waals surface area contributed by atoms with E-state index in [-0.39, 0.29) is 5.91 Å². The SMILES string of the molecule is O=C1CC[C@@H](NC2CCCCC2)CCN1CCOc1ccccc1. The molecule has 2 fully saturated rings. The zero-order chi connectivity index (χ0) is 16.6. The molecule has 1 saturated heterocycles. The first kappa shape index (κ1) is 17.3. The van der Waals surface area contributed by atoms with Gasteiger partial charge in [-0.25, -0.2) is 0 Å². The van der Waals surface area contributed by atoms with Gasteiger partial charge in [0.25, 0.3) is 0 Å². The molecule has 0 radical (unpaired) electrons. The monoisotopic (exact) mass is 330 g/mol. The molecule has 0 spiro atoms. The van der Waals surface area contributed by atoms with E-state index in [1.54, 1.807) is 0 Å². The van der Waals surface area contributed by atoms with Gasteiger partial charge in [-0.1, -0.05) is 37.5 Å². The maximum Gasteiger partial charge on any atom is 0.222 e. The number of hydrogen-bond acceptors (Lipinski definition) is 3. The molecule has 4 nitrogen and oxygen atoms in total. The van der Waals surface area contributed by atoms with Crippen LogP contribution in [0.5, 0.6) is 5.75 Å². The molecule has 24 heavy (non-hydrogen) atoms. The smallest absolute Gasteiger partial charge is 0.222 e. The quantitative estimate of drug-likeness (QED) is 0.869. The molecule has 1 aliphatic heterocycles. The number of rotatable bonds is 6. The van der Waals surface area contributed by atoms with E-state index in [0.29, 0.717) is 31.7 Å². The fourth-order valence-electron chi connectivity index (χ4n) is 3.83. The second-order valence-corrected chi connectivity index (χ2v) is 7.07. The summed E-state index contributed by atoms with van der Waals surface area (Å²) in [5.41, 5.74) is 0. The molecule has 0 unspecified atom stereocenters. The third kappa shape index (κ3) is 5.23. The van der Waals surface area contributed by atoms with Crippen molar-refractivity contribution in [3.05, 3.63) is 30.3 Å². The van der Waals surface area contributed by atoms with Crippen molar-refractivity contribution >= 4 is 5.91 Å². The molecule has 1 saturated carbocycles. The lowest BCUT2D eigenvalue weighted by atomic mass is 9.94. The lowest BCUT2D eigenvalue weighted by Crippen LogP contribution is -2.40. The first-order chi connectivity index (χ1) is 11.8. The Hall–Kier alpha value is -1.55. The molecule has 1 N–H and O–H groups in total. The number of amides is 1. The third-order valence-corrected chi connectivity index (χ3v) is 5.26. The zero-order valence-corrected chi connectivity index (χ0v) is 14.6. The summed E-state index contributed by atoms with van der Waals surface area (Å²) in [6.45, 7) is 2.10. The Balaban J connectivity index is 1.41. The molecule has 0 aromatic heterocycles. The molecule has 0 bridgehead atoms. The summed E-state index contributed by atoms with van der Waals surface area (Å²) >= 11 is 0. The molecule has 1 amide bonds. The maximum atomic E-state index is 12.3. The average Bonchev–Trinajstić information content (AvgIpc) is 2.79. The number of likely N-dealkylation sites (tertiary alicyclic amines) is 1. The van der Waals surface area contributed by atoms with Crippen molar-refractivity contribution in [3.63, 3.8) is 0 Å². The van der Waals surface area contributed by atoms with Crippen molar-refractivity contribution in [1.82, 2.24) is 10.2 Å². The molecule has 1 heterocycles. The zero-order valence-electron chi connectivity index (χ0n) is 14.6. The van der Waals surface area contributed by atoms with Crippen LogP contribution in [0.15, 0.2) is 30.3 Å². The highest BCUT2D eigenvalue weighted by molar-refractivity contribution is 5.76. The number of nitrogens with one attached hydrogen (secondary N) is 1. The Morgan fingerprint density at radius 2 is 1.75 bits per heavy atom.